The van der Waals surface area contributed by atoms with Crippen LogP contribution in [0.1, 0.15) is 41.2 Å². The lowest BCUT2D eigenvalue weighted by Crippen LogP contribution is -2.40. The van der Waals surface area contributed by atoms with E-state index in [9.17, 15) is 9.90 Å². The molecule has 0 saturated carbocycles. The maximum atomic E-state index is 13.4. The van der Waals surface area contributed by atoms with Gasteiger partial charge in [-0.25, -0.2) is 0 Å². The predicted molar refractivity (Wildman–Crippen MR) is 223 cm³/mol. The summed E-state index contributed by atoms with van der Waals surface area (Å²) in [4.78, 5) is 36.1. The molecule has 9 heteroatoms. The molecule has 1 amide bonds. The number of amides is 1. The van der Waals surface area contributed by atoms with Crippen molar-refractivity contribution >= 4 is 43.9 Å². The number of rotatable bonds is 17. The third-order valence-electron chi connectivity index (χ3n) is 10.3. The Bertz CT molecular complexity index is 2440. The van der Waals surface area contributed by atoms with Crippen molar-refractivity contribution in [1.29, 1.82) is 0 Å². The van der Waals surface area contributed by atoms with Crippen molar-refractivity contribution in [3.05, 3.63) is 174 Å². The zero-order chi connectivity index (χ0) is 38.1. The number of aryl methyl sites for hydroxylation is 1. The first kappa shape index (κ1) is 36.8. The number of anilines is 1. The molecule has 8 rings (SSSR count). The molecule has 1 unspecified atom stereocenters. The van der Waals surface area contributed by atoms with Gasteiger partial charge in [0.05, 0.1) is 34.6 Å². The fourth-order valence-electron chi connectivity index (χ4n) is 7.74. The van der Waals surface area contributed by atoms with E-state index in [4.69, 9.17) is 4.98 Å². The summed E-state index contributed by atoms with van der Waals surface area (Å²) in [5.41, 5.74) is 5.39. The van der Waals surface area contributed by atoms with Crippen LogP contribution in [0, 0.1) is 0 Å². The summed E-state index contributed by atoms with van der Waals surface area (Å²) in [5.74, 6) is -0.0482. The number of hydrogen-bond donors (Lipinski definition) is 2. The second-order valence-corrected chi connectivity index (χ2v) is 14.4. The number of aliphatic hydroxyl groups excluding tert-OH is 1. The van der Waals surface area contributed by atoms with Crippen molar-refractivity contribution in [1.82, 2.24) is 29.7 Å². The Morgan fingerprint density at radius 3 is 1.73 bits per heavy atom. The van der Waals surface area contributed by atoms with Gasteiger partial charge in [0.25, 0.3) is 0 Å². The Morgan fingerprint density at radius 1 is 0.571 bits per heavy atom. The number of hydrogen-bond acceptors (Lipinski definition) is 8. The van der Waals surface area contributed by atoms with E-state index in [2.05, 4.69) is 84.7 Å². The normalized spacial score (nSPS) is 12.3. The monoisotopic (exact) mass is 739 g/mol. The second-order valence-electron chi connectivity index (χ2n) is 14.4. The standard InChI is InChI=1S/C47H45N7O2/c55-41(31-53(28-38-13-1-4-24-48-38)29-39-14-2-5-25-49-39)32-54(30-40-15-3-6-26-50-40)33-44-43(16-9-27-51-44)52-45(56)17-8-10-34-18-19-37-21-20-35-11-7-12-36-22-23-42(34)47(37)46(35)36/h1-7,9,11-16,18-27,41,55H,8,10,17,28-33H2,(H,52,56). The van der Waals surface area contributed by atoms with E-state index >= 15 is 0 Å². The molecule has 0 saturated heterocycles. The molecule has 1 atom stereocenters. The number of benzene rings is 4. The highest BCUT2D eigenvalue weighted by Gasteiger charge is 2.20. The number of carbonyl (C=O) groups is 1. The van der Waals surface area contributed by atoms with Crippen molar-refractivity contribution in [3.8, 4) is 0 Å². The highest BCUT2D eigenvalue weighted by molar-refractivity contribution is 6.23. The first-order chi connectivity index (χ1) is 27.6. The van der Waals surface area contributed by atoms with Gasteiger partial charge in [0.1, 0.15) is 0 Å². The number of aromatic nitrogens is 4. The third-order valence-corrected chi connectivity index (χ3v) is 10.3. The Hall–Kier alpha value is -6.13. The average Bonchev–Trinajstić information content (AvgIpc) is 3.22. The van der Waals surface area contributed by atoms with Crippen LogP contribution in [0.2, 0.25) is 0 Å². The molecule has 0 aliphatic heterocycles. The molecule has 0 bridgehead atoms. The van der Waals surface area contributed by atoms with Gasteiger partial charge in [-0.2, -0.15) is 0 Å². The fourth-order valence-corrected chi connectivity index (χ4v) is 7.74. The summed E-state index contributed by atoms with van der Waals surface area (Å²) in [5, 5.41) is 22.4. The minimum atomic E-state index is -0.701. The lowest BCUT2D eigenvalue weighted by molar-refractivity contribution is -0.116. The van der Waals surface area contributed by atoms with Gasteiger partial charge in [-0.15, -0.1) is 0 Å². The lowest BCUT2D eigenvalue weighted by Gasteiger charge is -2.29. The van der Waals surface area contributed by atoms with Crippen LogP contribution >= 0.6 is 0 Å². The molecular formula is C47H45N7O2. The Balaban J connectivity index is 0.937. The molecule has 0 aliphatic rings. The molecule has 0 radical (unpaired) electrons. The van der Waals surface area contributed by atoms with Crippen molar-refractivity contribution in [2.24, 2.45) is 0 Å². The average molecular weight is 740 g/mol. The van der Waals surface area contributed by atoms with Gasteiger partial charge >= 0.3 is 0 Å². The molecule has 8 aromatic rings. The molecule has 0 spiro atoms. The van der Waals surface area contributed by atoms with Crippen molar-refractivity contribution < 1.29 is 9.90 Å². The minimum Gasteiger partial charge on any atom is -0.390 e. The van der Waals surface area contributed by atoms with Crippen LogP contribution in [0.15, 0.2) is 146 Å². The number of nitrogens with zero attached hydrogens (tertiary/aromatic N) is 6. The lowest BCUT2D eigenvalue weighted by atomic mass is 9.90. The maximum Gasteiger partial charge on any atom is 0.224 e. The number of carbonyl (C=O) groups excluding carboxylic acids is 1. The zero-order valence-corrected chi connectivity index (χ0v) is 31.3. The van der Waals surface area contributed by atoms with E-state index in [0.717, 1.165) is 35.6 Å². The van der Waals surface area contributed by atoms with Crippen LogP contribution in [0.4, 0.5) is 5.69 Å². The first-order valence-electron chi connectivity index (χ1n) is 19.3. The quantitative estimate of drug-likeness (QED) is 0.0901. The van der Waals surface area contributed by atoms with Crippen LogP contribution in [0.3, 0.4) is 0 Å². The van der Waals surface area contributed by atoms with Gasteiger partial charge < -0.3 is 10.4 Å². The van der Waals surface area contributed by atoms with Crippen molar-refractivity contribution in [2.75, 3.05) is 18.4 Å². The van der Waals surface area contributed by atoms with E-state index < -0.39 is 6.10 Å². The van der Waals surface area contributed by atoms with Gasteiger partial charge in [-0.05, 0) is 99.3 Å². The van der Waals surface area contributed by atoms with Gasteiger partial charge in [0.2, 0.25) is 5.91 Å². The van der Waals surface area contributed by atoms with Gasteiger partial charge in [0.15, 0.2) is 0 Å². The molecule has 2 N–H and O–H groups in total. The highest BCUT2D eigenvalue weighted by atomic mass is 16.3. The van der Waals surface area contributed by atoms with Crippen molar-refractivity contribution in [3.63, 3.8) is 0 Å². The summed E-state index contributed by atoms with van der Waals surface area (Å²) in [7, 11) is 0. The van der Waals surface area contributed by atoms with E-state index in [1.54, 1.807) is 24.8 Å². The Morgan fingerprint density at radius 2 is 1.12 bits per heavy atom. The van der Waals surface area contributed by atoms with E-state index in [0.29, 0.717) is 51.4 Å². The van der Waals surface area contributed by atoms with E-state index in [1.165, 1.54) is 37.9 Å². The molecule has 280 valence electrons. The van der Waals surface area contributed by atoms with Gasteiger partial charge in [-0.3, -0.25) is 34.5 Å². The summed E-state index contributed by atoms with van der Waals surface area (Å²) >= 11 is 0. The number of pyridine rings is 4. The van der Waals surface area contributed by atoms with Crippen LogP contribution in [-0.2, 0) is 37.4 Å². The van der Waals surface area contributed by atoms with Crippen LogP contribution in [0.5, 0.6) is 0 Å². The fraction of sp³-hybridized carbons (Fsp3) is 0.213. The highest BCUT2D eigenvalue weighted by Crippen LogP contribution is 2.36. The molecule has 4 aromatic carbocycles. The molecule has 0 fully saturated rings. The minimum absolute atomic E-state index is 0.0482. The number of nitrogens with one attached hydrogen (secondary N) is 1. The predicted octanol–water partition coefficient (Wildman–Crippen LogP) is 8.19. The second kappa shape index (κ2) is 17.6. The third kappa shape index (κ3) is 9.04. The molecule has 0 aliphatic carbocycles. The summed E-state index contributed by atoms with van der Waals surface area (Å²) in [6, 6.07) is 41.0. The SMILES string of the molecule is O=C(CCCc1ccc2ccc3cccc4ccc1c2c34)Nc1cccnc1CN(Cc1ccccn1)CC(O)CN(Cc1ccccn1)Cc1ccccn1. The van der Waals surface area contributed by atoms with Crippen LogP contribution < -0.4 is 5.32 Å². The topological polar surface area (TPSA) is 107 Å². The maximum absolute atomic E-state index is 13.4. The summed E-state index contributed by atoms with van der Waals surface area (Å²) in [6.07, 6.45) is 8.30. The van der Waals surface area contributed by atoms with E-state index in [-0.39, 0.29) is 5.91 Å². The molecule has 9 nitrogen and oxygen atoms in total. The summed E-state index contributed by atoms with van der Waals surface area (Å²) < 4.78 is 0. The van der Waals surface area contributed by atoms with Crippen molar-refractivity contribution in [2.45, 2.75) is 51.5 Å². The van der Waals surface area contributed by atoms with Crippen LogP contribution in [-0.4, -0.2) is 59.9 Å². The Labute approximate surface area is 327 Å². The Kier molecular flexibility index (Phi) is 11.5. The molecule has 4 aromatic heterocycles. The molecular weight excluding hydrogens is 695 g/mol. The smallest absolute Gasteiger partial charge is 0.224 e. The first-order valence-corrected chi connectivity index (χ1v) is 19.3. The van der Waals surface area contributed by atoms with Gasteiger partial charge in [0, 0.05) is 70.5 Å². The van der Waals surface area contributed by atoms with E-state index in [1.807, 2.05) is 66.7 Å². The zero-order valence-electron chi connectivity index (χ0n) is 31.3. The molecule has 4 heterocycles. The summed E-state index contributed by atoms with van der Waals surface area (Å²) in [6.45, 7) is 2.82. The van der Waals surface area contributed by atoms with Gasteiger partial charge in [-0.1, -0.05) is 72.8 Å². The number of aliphatic hydroxyl groups is 1. The molecule has 56 heavy (non-hydrogen) atoms. The largest absolute Gasteiger partial charge is 0.390 e. The van der Waals surface area contributed by atoms with Crippen LogP contribution in [0.25, 0.3) is 32.3 Å².